The van der Waals surface area contributed by atoms with Crippen molar-refractivity contribution in [3.8, 4) is 0 Å². The summed E-state index contributed by atoms with van der Waals surface area (Å²) in [6.45, 7) is 9.19. The molecule has 0 aliphatic heterocycles. The van der Waals surface area contributed by atoms with Crippen LogP contribution in [0.5, 0.6) is 0 Å². The number of hydrogen-bond donors (Lipinski definition) is 2. The molecule has 21 heavy (non-hydrogen) atoms. The van der Waals surface area contributed by atoms with E-state index in [1.165, 1.54) is 4.31 Å². The normalized spacial score (nSPS) is 12.8. The zero-order valence-corrected chi connectivity index (χ0v) is 14.5. The van der Waals surface area contributed by atoms with E-state index in [2.05, 4.69) is 4.72 Å². The molecule has 0 fully saturated rings. The summed E-state index contributed by atoms with van der Waals surface area (Å²) in [5.41, 5.74) is -0.193. The lowest BCUT2D eigenvalue weighted by molar-refractivity contribution is -0.137. The SMILES string of the molecule is CCCN(CCC)S(=O)(=O)NCCC(C)(C)CCC(=O)O. The molecule has 0 unspecified atom stereocenters. The third-order valence-electron chi connectivity index (χ3n) is 3.39. The predicted octanol–water partition coefficient (Wildman–Crippen LogP) is 2.22. The van der Waals surface area contributed by atoms with Crippen LogP contribution >= 0.6 is 0 Å². The molecule has 0 aromatic heterocycles. The molecular formula is C14H30N2O4S. The Morgan fingerprint density at radius 3 is 2.10 bits per heavy atom. The minimum Gasteiger partial charge on any atom is -0.481 e. The fourth-order valence-corrected chi connectivity index (χ4v) is 3.42. The van der Waals surface area contributed by atoms with Gasteiger partial charge in [0.1, 0.15) is 0 Å². The van der Waals surface area contributed by atoms with Crippen molar-refractivity contribution in [2.45, 2.75) is 59.8 Å². The Balaban J connectivity index is 4.38. The van der Waals surface area contributed by atoms with E-state index in [0.29, 0.717) is 32.5 Å². The van der Waals surface area contributed by atoms with E-state index >= 15 is 0 Å². The van der Waals surface area contributed by atoms with Gasteiger partial charge in [-0.15, -0.1) is 0 Å². The van der Waals surface area contributed by atoms with E-state index in [1.807, 2.05) is 27.7 Å². The second-order valence-electron chi connectivity index (χ2n) is 6.11. The largest absolute Gasteiger partial charge is 0.481 e. The minimum absolute atomic E-state index is 0.109. The zero-order valence-electron chi connectivity index (χ0n) is 13.7. The Bertz CT molecular complexity index is 401. The highest BCUT2D eigenvalue weighted by Crippen LogP contribution is 2.26. The molecule has 6 nitrogen and oxygen atoms in total. The molecular weight excluding hydrogens is 292 g/mol. The van der Waals surface area contributed by atoms with Gasteiger partial charge in [0.2, 0.25) is 0 Å². The van der Waals surface area contributed by atoms with Crippen LogP contribution in [-0.4, -0.2) is 43.4 Å². The van der Waals surface area contributed by atoms with Gasteiger partial charge >= 0.3 is 5.97 Å². The van der Waals surface area contributed by atoms with Crippen LogP contribution in [0, 0.1) is 5.41 Å². The number of carbonyl (C=O) groups is 1. The lowest BCUT2D eigenvalue weighted by Crippen LogP contribution is -2.42. The molecule has 0 aromatic rings. The van der Waals surface area contributed by atoms with E-state index in [1.54, 1.807) is 0 Å². The van der Waals surface area contributed by atoms with Crippen molar-refractivity contribution in [2.75, 3.05) is 19.6 Å². The van der Waals surface area contributed by atoms with E-state index in [9.17, 15) is 13.2 Å². The van der Waals surface area contributed by atoms with E-state index < -0.39 is 16.2 Å². The smallest absolute Gasteiger partial charge is 0.303 e. The quantitative estimate of drug-likeness (QED) is 0.577. The molecule has 0 saturated heterocycles. The Morgan fingerprint density at radius 1 is 1.14 bits per heavy atom. The highest BCUT2D eigenvalue weighted by atomic mass is 32.2. The summed E-state index contributed by atoms with van der Waals surface area (Å²) in [6, 6.07) is 0. The summed E-state index contributed by atoms with van der Waals surface area (Å²) >= 11 is 0. The minimum atomic E-state index is -3.43. The van der Waals surface area contributed by atoms with E-state index in [4.69, 9.17) is 5.11 Å². The summed E-state index contributed by atoms with van der Waals surface area (Å²) in [5, 5.41) is 8.70. The van der Waals surface area contributed by atoms with Gasteiger partial charge in [-0.1, -0.05) is 27.7 Å². The van der Waals surface area contributed by atoms with Crippen LogP contribution in [0.15, 0.2) is 0 Å². The topological polar surface area (TPSA) is 86.7 Å². The zero-order chi connectivity index (χ0) is 16.5. The van der Waals surface area contributed by atoms with Gasteiger partial charge in [-0.05, 0) is 31.1 Å². The Labute approximate surface area is 129 Å². The number of aliphatic carboxylic acids is 1. The van der Waals surface area contributed by atoms with Gasteiger partial charge < -0.3 is 5.11 Å². The lowest BCUT2D eigenvalue weighted by Gasteiger charge is -2.26. The van der Waals surface area contributed by atoms with Gasteiger partial charge in [-0.25, -0.2) is 4.72 Å². The lowest BCUT2D eigenvalue weighted by atomic mass is 9.84. The van der Waals surface area contributed by atoms with Crippen molar-refractivity contribution in [3.05, 3.63) is 0 Å². The van der Waals surface area contributed by atoms with Gasteiger partial charge in [-0.2, -0.15) is 12.7 Å². The van der Waals surface area contributed by atoms with Crippen molar-refractivity contribution in [1.29, 1.82) is 0 Å². The molecule has 2 N–H and O–H groups in total. The van der Waals surface area contributed by atoms with Crippen LogP contribution in [0.4, 0.5) is 0 Å². The first-order chi connectivity index (χ1) is 9.64. The molecule has 0 spiro atoms. The van der Waals surface area contributed by atoms with Crippen LogP contribution in [-0.2, 0) is 15.0 Å². The monoisotopic (exact) mass is 322 g/mol. The van der Waals surface area contributed by atoms with E-state index in [0.717, 1.165) is 12.8 Å². The van der Waals surface area contributed by atoms with Crippen LogP contribution in [0.2, 0.25) is 0 Å². The van der Waals surface area contributed by atoms with Crippen LogP contribution in [0.25, 0.3) is 0 Å². The average molecular weight is 322 g/mol. The summed E-state index contributed by atoms with van der Waals surface area (Å²) in [5.74, 6) is -0.819. The first-order valence-electron chi connectivity index (χ1n) is 7.61. The third kappa shape index (κ3) is 9.06. The van der Waals surface area contributed by atoms with Crippen molar-refractivity contribution in [2.24, 2.45) is 5.41 Å². The molecule has 0 aliphatic carbocycles. The first kappa shape index (κ1) is 20.3. The van der Waals surface area contributed by atoms with Gasteiger partial charge in [0.15, 0.2) is 0 Å². The van der Waals surface area contributed by atoms with Crippen molar-refractivity contribution in [3.63, 3.8) is 0 Å². The first-order valence-corrected chi connectivity index (χ1v) is 9.05. The Morgan fingerprint density at radius 2 is 1.67 bits per heavy atom. The summed E-state index contributed by atoms with van der Waals surface area (Å²) in [4.78, 5) is 10.6. The predicted molar refractivity (Wildman–Crippen MR) is 84.3 cm³/mol. The number of carboxylic acids is 1. The molecule has 0 radical (unpaired) electrons. The van der Waals surface area contributed by atoms with Gasteiger partial charge in [0, 0.05) is 26.1 Å². The molecule has 0 atom stereocenters. The maximum atomic E-state index is 12.2. The summed E-state index contributed by atoms with van der Waals surface area (Å²) in [7, 11) is -3.43. The Hall–Kier alpha value is -0.660. The van der Waals surface area contributed by atoms with Crippen molar-refractivity contribution < 1.29 is 18.3 Å². The van der Waals surface area contributed by atoms with Crippen molar-refractivity contribution in [1.82, 2.24) is 9.03 Å². The fraction of sp³-hybridized carbons (Fsp3) is 0.929. The maximum Gasteiger partial charge on any atom is 0.303 e. The second-order valence-corrected chi connectivity index (χ2v) is 7.86. The van der Waals surface area contributed by atoms with Crippen LogP contribution in [0.3, 0.4) is 0 Å². The molecule has 126 valence electrons. The van der Waals surface area contributed by atoms with Crippen LogP contribution < -0.4 is 4.72 Å². The second kappa shape index (κ2) is 9.38. The summed E-state index contributed by atoms with van der Waals surface area (Å²) in [6.07, 6.45) is 2.83. The van der Waals surface area contributed by atoms with E-state index in [-0.39, 0.29) is 11.8 Å². The van der Waals surface area contributed by atoms with Gasteiger partial charge in [-0.3, -0.25) is 4.79 Å². The standard InChI is InChI=1S/C14H30N2O4S/c1-5-11-16(12-6-2)21(19,20)15-10-9-14(3,4)8-7-13(17)18/h15H,5-12H2,1-4H3,(H,17,18). The van der Waals surface area contributed by atoms with Crippen LogP contribution in [0.1, 0.15) is 59.8 Å². The summed E-state index contributed by atoms with van der Waals surface area (Å²) < 4.78 is 28.5. The molecule has 0 amide bonds. The molecule has 0 aromatic carbocycles. The third-order valence-corrected chi connectivity index (χ3v) is 5.00. The highest BCUT2D eigenvalue weighted by Gasteiger charge is 2.23. The number of nitrogens with zero attached hydrogens (tertiary/aromatic N) is 1. The molecule has 7 heteroatoms. The number of rotatable bonds is 12. The maximum absolute atomic E-state index is 12.2. The molecule has 0 saturated carbocycles. The van der Waals surface area contributed by atoms with Gasteiger partial charge in [0.25, 0.3) is 10.2 Å². The number of carboxylic acid groups (broad SMARTS) is 1. The number of nitrogens with one attached hydrogen (secondary N) is 1. The average Bonchev–Trinajstić information content (AvgIpc) is 2.36. The van der Waals surface area contributed by atoms with Gasteiger partial charge in [0.05, 0.1) is 0 Å². The molecule has 0 rings (SSSR count). The Kier molecular flexibility index (Phi) is 9.08. The molecule has 0 bridgehead atoms. The fourth-order valence-electron chi connectivity index (χ4n) is 2.03. The van der Waals surface area contributed by atoms with Crippen molar-refractivity contribution >= 4 is 16.2 Å². The molecule has 0 heterocycles. The number of hydrogen-bond acceptors (Lipinski definition) is 3. The molecule has 0 aliphatic rings. The highest BCUT2D eigenvalue weighted by molar-refractivity contribution is 7.87.